The Kier molecular flexibility index (Phi) is 5.30. The van der Waals surface area contributed by atoms with Gasteiger partial charge in [0.1, 0.15) is 0 Å². The van der Waals surface area contributed by atoms with Crippen LogP contribution in [0.1, 0.15) is 26.5 Å². The molecule has 5 nitrogen and oxygen atoms in total. The molecule has 0 fully saturated rings. The Labute approximate surface area is 153 Å². The second-order valence-corrected chi connectivity index (χ2v) is 6.23. The van der Waals surface area contributed by atoms with Crippen molar-refractivity contribution in [1.29, 1.82) is 0 Å². The standard InChI is InChI=1S/C19H15BrN2O3/c20-15-7-5-14(6-8-15)18(23)21-12-13-3-9-16(10-4-13)22-19(24)17-2-1-11-25-17/h1-11H,12H2,(H,21,23)(H,22,24). The quantitative estimate of drug-likeness (QED) is 0.675. The number of hydrogen-bond donors (Lipinski definition) is 2. The van der Waals surface area contributed by atoms with Crippen LogP contribution in [0.3, 0.4) is 0 Å². The lowest BCUT2D eigenvalue weighted by atomic mass is 10.2. The van der Waals surface area contributed by atoms with Crippen LogP contribution in [-0.2, 0) is 6.54 Å². The van der Waals surface area contributed by atoms with Gasteiger partial charge in [0.15, 0.2) is 5.76 Å². The lowest BCUT2D eigenvalue weighted by molar-refractivity contribution is 0.0949. The number of benzene rings is 2. The van der Waals surface area contributed by atoms with Crippen molar-refractivity contribution < 1.29 is 14.0 Å². The maximum absolute atomic E-state index is 12.1. The third-order valence-electron chi connectivity index (χ3n) is 3.52. The molecule has 0 saturated heterocycles. The van der Waals surface area contributed by atoms with Gasteiger partial charge in [-0.15, -0.1) is 0 Å². The van der Waals surface area contributed by atoms with Gasteiger partial charge in [-0.25, -0.2) is 0 Å². The van der Waals surface area contributed by atoms with E-state index in [2.05, 4.69) is 26.6 Å². The summed E-state index contributed by atoms with van der Waals surface area (Å²) in [5.74, 6) is -0.185. The average molecular weight is 399 g/mol. The van der Waals surface area contributed by atoms with E-state index in [0.29, 0.717) is 17.8 Å². The predicted molar refractivity (Wildman–Crippen MR) is 98.4 cm³/mol. The number of nitrogens with one attached hydrogen (secondary N) is 2. The van der Waals surface area contributed by atoms with Crippen molar-refractivity contribution in [3.63, 3.8) is 0 Å². The van der Waals surface area contributed by atoms with Crippen molar-refractivity contribution >= 4 is 33.4 Å². The van der Waals surface area contributed by atoms with Gasteiger partial charge in [-0.2, -0.15) is 0 Å². The van der Waals surface area contributed by atoms with Gasteiger partial charge in [0.05, 0.1) is 6.26 Å². The highest BCUT2D eigenvalue weighted by Gasteiger charge is 2.09. The Bertz CT molecular complexity index is 857. The minimum absolute atomic E-state index is 0.136. The summed E-state index contributed by atoms with van der Waals surface area (Å²) in [6.45, 7) is 0.404. The molecular weight excluding hydrogens is 384 g/mol. The summed E-state index contributed by atoms with van der Waals surface area (Å²) in [6.07, 6.45) is 1.45. The molecule has 0 aliphatic carbocycles. The number of furan rings is 1. The number of carbonyl (C=O) groups excluding carboxylic acids is 2. The zero-order valence-electron chi connectivity index (χ0n) is 13.2. The summed E-state index contributed by atoms with van der Waals surface area (Å²) in [5, 5.41) is 5.60. The topological polar surface area (TPSA) is 71.3 Å². The van der Waals surface area contributed by atoms with Crippen LogP contribution < -0.4 is 10.6 Å². The number of amides is 2. The smallest absolute Gasteiger partial charge is 0.291 e. The third kappa shape index (κ3) is 4.58. The van der Waals surface area contributed by atoms with E-state index in [9.17, 15) is 9.59 Å². The first-order valence-electron chi connectivity index (χ1n) is 7.59. The molecule has 0 bridgehead atoms. The molecule has 3 rings (SSSR count). The molecule has 0 atom stereocenters. The summed E-state index contributed by atoms with van der Waals surface area (Å²) in [6, 6.07) is 17.7. The minimum atomic E-state index is -0.304. The summed E-state index contributed by atoms with van der Waals surface area (Å²) in [5.41, 5.74) is 2.19. The zero-order chi connectivity index (χ0) is 17.6. The van der Waals surface area contributed by atoms with E-state index in [-0.39, 0.29) is 17.6 Å². The molecule has 0 aliphatic rings. The fourth-order valence-electron chi connectivity index (χ4n) is 2.19. The summed E-state index contributed by atoms with van der Waals surface area (Å²) in [7, 11) is 0. The molecule has 2 amide bonds. The van der Waals surface area contributed by atoms with E-state index in [0.717, 1.165) is 10.0 Å². The largest absolute Gasteiger partial charge is 0.459 e. The second-order valence-electron chi connectivity index (χ2n) is 5.32. The van der Waals surface area contributed by atoms with Crippen LogP contribution in [0.4, 0.5) is 5.69 Å². The second kappa shape index (κ2) is 7.81. The SMILES string of the molecule is O=C(NCc1ccc(NC(=O)c2ccco2)cc1)c1ccc(Br)cc1. The number of halogens is 1. The Morgan fingerprint density at radius 3 is 2.28 bits per heavy atom. The minimum Gasteiger partial charge on any atom is -0.459 e. The van der Waals surface area contributed by atoms with Crippen molar-refractivity contribution in [2.75, 3.05) is 5.32 Å². The van der Waals surface area contributed by atoms with Gasteiger partial charge in [0, 0.05) is 22.3 Å². The highest BCUT2D eigenvalue weighted by Crippen LogP contribution is 2.13. The number of hydrogen-bond acceptors (Lipinski definition) is 3. The van der Waals surface area contributed by atoms with Crippen LogP contribution in [0.2, 0.25) is 0 Å². The van der Waals surface area contributed by atoms with E-state index in [1.54, 1.807) is 36.4 Å². The van der Waals surface area contributed by atoms with Crippen LogP contribution in [0.15, 0.2) is 75.8 Å². The number of carbonyl (C=O) groups is 2. The van der Waals surface area contributed by atoms with Gasteiger partial charge in [0.25, 0.3) is 11.8 Å². The first kappa shape index (κ1) is 17.0. The Balaban J connectivity index is 1.54. The molecule has 25 heavy (non-hydrogen) atoms. The van der Waals surface area contributed by atoms with Gasteiger partial charge >= 0.3 is 0 Å². The van der Waals surface area contributed by atoms with Crippen molar-refractivity contribution in [3.05, 3.63) is 88.3 Å². The maximum Gasteiger partial charge on any atom is 0.291 e. The van der Waals surface area contributed by atoms with Crippen molar-refractivity contribution in [3.8, 4) is 0 Å². The lowest BCUT2D eigenvalue weighted by Crippen LogP contribution is -2.22. The van der Waals surface area contributed by atoms with Crippen LogP contribution in [0.5, 0.6) is 0 Å². The summed E-state index contributed by atoms with van der Waals surface area (Å²) in [4.78, 5) is 24.0. The van der Waals surface area contributed by atoms with Gasteiger partial charge in [0.2, 0.25) is 0 Å². The normalized spacial score (nSPS) is 10.3. The average Bonchev–Trinajstić information content (AvgIpc) is 3.16. The molecule has 0 radical (unpaired) electrons. The van der Waals surface area contributed by atoms with E-state index >= 15 is 0 Å². The Morgan fingerprint density at radius 1 is 0.920 bits per heavy atom. The van der Waals surface area contributed by atoms with E-state index in [1.807, 2.05) is 24.3 Å². The van der Waals surface area contributed by atoms with Crippen molar-refractivity contribution in [2.24, 2.45) is 0 Å². The predicted octanol–water partition coefficient (Wildman–Crippen LogP) is 4.22. The fourth-order valence-corrected chi connectivity index (χ4v) is 2.46. The highest BCUT2D eigenvalue weighted by atomic mass is 79.9. The fraction of sp³-hybridized carbons (Fsp3) is 0.0526. The first-order chi connectivity index (χ1) is 12.1. The summed E-state index contributed by atoms with van der Waals surface area (Å²) < 4.78 is 5.97. The van der Waals surface area contributed by atoms with Crippen molar-refractivity contribution in [2.45, 2.75) is 6.54 Å². The highest BCUT2D eigenvalue weighted by molar-refractivity contribution is 9.10. The van der Waals surface area contributed by atoms with E-state index < -0.39 is 0 Å². The monoisotopic (exact) mass is 398 g/mol. The number of anilines is 1. The molecule has 2 aromatic carbocycles. The molecule has 1 aromatic heterocycles. The molecule has 0 spiro atoms. The zero-order valence-corrected chi connectivity index (χ0v) is 14.7. The maximum atomic E-state index is 12.1. The molecule has 0 aliphatic heterocycles. The first-order valence-corrected chi connectivity index (χ1v) is 8.39. The molecule has 126 valence electrons. The Hall–Kier alpha value is -2.86. The molecular formula is C19H15BrN2O3. The van der Waals surface area contributed by atoms with E-state index in [1.165, 1.54) is 6.26 Å². The summed E-state index contributed by atoms with van der Waals surface area (Å²) >= 11 is 3.34. The van der Waals surface area contributed by atoms with Crippen LogP contribution in [-0.4, -0.2) is 11.8 Å². The van der Waals surface area contributed by atoms with Gasteiger partial charge in [-0.3, -0.25) is 9.59 Å². The van der Waals surface area contributed by atoms with Crippen LogP contribution in [0, 0.1) is 0 Å². The van der Waals surface area contributed by atoms with Gasteiger partial charge < -0.3 is 15.1 Å². The molecule has 2 N–H and O–H groups in total. The number of rotatable bonds is 5. The molecule has 0 saturated carbocycles. The molecule has 6 heteroatoms. The molecule has 3 aromatic rings. The third-order valence-corrected chi connectivity index (χ3v) is 4.04. The van der Waals surface area contributed by atoms with Gasteiger partial charge in [-0.05, 0) is 54.1 Å². The van der Waals surface area contributed by atoms with Crippen LogP contribution in [0.25, 0.3) is 0 Å². The van der Waals surface area contributed by atoms with Gasteiger partial charge in [-0.1, -0.05) is 28.1 Å². The lowest BCUT2D eigenvalue weighted by Gasteiger charge is -2.07. The molecule has 1 heterocycles. The van der Waals surface area contributed by atoms with Crippen molar-refractivity contribution in [1.82, 2.24) is 5.32 Å². The Morgan fingerprint density at radius 2 is 1.64 bits per heavy atom. The van der Waals surface area contributed by atoms with E-state index in [4.69, 9.17) is 4.42 Å². The van der Waals surface area contributed by atoms with Crippen LogP contribution >= 0.6 is 15.9 Å². The molecule has 0 unspecified atom stereocenters.